The molecule has 2 N–H and O–H groups in total. The molecule has 0 fully saturated rings. The van der Waals surface area contributed by atoms with Crippen molar-refractivity contribution in [3.8, 4) is 11.3 Å². The molecular formula is C16H20N4O3. The van der Waals surface area contributed by atoms with Gasteiger partial charge in [0.05, 0.1) is 5.69 Å². The van der Waals surface area contributed by atoms with E-state index < -0.39 is 6.09 Å². The van der Waals surface area contributed by atoms with Crippen LogP contribution in [0.2, 0.25) is 0 Å². The van der Waals surface area contributed by atoms with Gasteiger partial charge in [-0.25, -0.2) is 9.78 Å². The minimum Gasteiger partial charge on any atom is -0.465 e. The maximum atomic E-state index is 11.6. The monoisotopic (exact) mass is 316 g/mol. The first kappa shape index (κ1) is 16.7. The number of carbonyl (C=O) groups excluding carboxylic acids is 1. The third-order valence-corrected chi connectivity index (χ3v) is 3.56. The van der Waals surface area contributed by atoms with Crippen LogP contribution in [0.4, 0.5) is 4.79 Å². The van der Waals surface area contributed by atoms with Crippen molar-refractivity contribution in [2.45, 2.75) is 33.2 Å². The van der Waals surface area contributed by atoms with Crippen LogP contribution in [-0.2, 0) is 6.54 Å². The van der Waals surface area contributed by atoms with Gasteiger partial charge in [-0.3, -0.25) is 9.78 Å². The van der Waals surface area contributed by atoms with Crippen LogP contribution in [0.25, 0.3) is 11.3 Å². The number of aldehydes is 1. The number of amides is 1. The second-order valence-corrected chi connectivity index (χ2v) is 5.49. The lowest BCUT2D eigenvalue weighted by atomic mass is 10.0. The predicted octanol–water partition coefficient (Wildman–Crippen LogP) is 2.46. The van der Waals surface area contributed by atoms with Gasteiger partial charge in [-0.1, -0.05) is 13.8 Å². The van der Waals surface area contributed by atoms with Gasteiger partial charge in [-0.2, -0.15) is 0 Å². The minimum atomic E-state index is -1.09. The Hall–Kier alpha value is -2.70. The van der Waals surface area contributed by atoms with E-state index in [1.165, 1.54) is 0 Å². The molecule has 23 heavy (non-hydrogen) atoms. The molecule has 0 saturated carbocycles. The average molecular weight is 316 g/mol. The van der Waals surface area contributed by atoms with Crippen LogP contribution in [0.5, 0.6) is 0 Å². The van der Waals surface area contributed by atoms with Gasteiger partial charge in [0.2, 0.25) is 0 Å². The van der Waals surface area contributed by atoms with Gasteiger partial charge in [-0.15, -0.1) is 0 Å². The maximum Gasteiger partial charge on any atom is 0.404 e. The lowest BCUT2D eigenvalue weighted by Gasteiger charge is -2.11. The van der Waals surface area contributed by atoms with Gasteiger partial charge in [0, 0.05) is 24.8 Å². The topological polar surface area (TPSA) is 97.1 Å². The molecule has 2 aromatic rings. The fourth-order valence-electron chi connectivity index (χ4n) is 2.53. The molecule has 2 heterocycles. The first-order valence-electron chi connectivity index (χ1n) is 7.40. The largest absolute Gasteiger partial charge is 0.465 e. The Morgan fingerprint density at radius 3 is 2.83 bits per heavy atom. The summed E-state index contributed by atoms with van der Waals surface area (Å²) in [6.07, 6.45) is 1.39. The van der Waals surface area contributed by atoms with Crippen molar-refractivity contribution in [3.05, 3.63) is 35.5 Å². The van der Waals surface area contributed by atoms with Gasteiger partial charge in [0.15, 0.2) is 6.29 Å². The molecular weight excluding hydrogens is 296 g/mol. The van der Waals surface area contributed by atoms with Gasteiger partial charge in [0.1, 0.15) is 17.2 Å². The number of aromatic nitrogens is 3. The molecule has 7 heteroatoms. The van der Waals surface area contributed by atoms with Crippen LogP contribution in [0.3, 0.4) is 0 Å². The number of hydrogen-bond donors (Lipinski definition) is 2. The van der Waals surface area contributed by atoms with E-state index in [1.807, 2.05) is 26.0 Å². The fraction of sp³-hybridized carbons (Fsp3) is 0.375. The normalized spacial score (nSPS) is 10.8. The van der Waals surface area contributed by atoms with Crippen molar-refractivity contribution in [1.82, 2.24) is 19.9 Å². The summed E-state index contributed by atoms with van der Waals surface area (Å²) in [6.45, 7) is 6.41. The molecule has 0 aliphatic rings. The zero-order valence-electron chi connectivity index (χ0n) is 13.4. The van der Waals surface area contributed by atoms with E-state index in [1.54, 1.807) is 17.7 Å². The highest BCUT2D eigenvalue weighted by Crippen LogP contribution is 2.29. The van der Waals surface area contributed by atoms with Gasteiger partial charge >= 0.3 is 6.09 Å². The number of carboxylic acid groups (broad SMARTS) is 1. The van der Waals surface area contributed by atoms with E-state index in [2.05, 4.69) is 15.3 Å². The van der Waals surface area contributed by atoms with Crippen LogP contribution < -0.4 is 5.32 Å². The van der Waals surface area contributed by atoms with E-state index in [-0.39, 0.29) is 12.5 Å². The van der Waals surface area contributed by atoms with E-state index in [0.717, 1.165) is 17.5 Å². The van der Waals surface area contributed by atoms with Crippen molar-refractivity contribution < 1.29 is 14.7 Å². The summed E-state index contributed by atoms with van der Waals surface area (Å²) >= 11 is 0. The number of nitrogens with one attached hydrogen (secondary N) is 1. The van der Waals surface area contributed by atoms with Crippen molar-refractivity contribution in [1.29, 1.82) is 0 Å². The van der Waals surface area contributed by atoms with Gasteiger partial charge < -0.3 is 15.0 Å². The zero-order chi connectivity index (χ0) is 17.0. The molecule has 1 amide bonds. The lowest BCUT2D eigenvalue weighted by molar-refractivity contribution is 0.111. The maximum absolute atomic E-state index is 11.6. The van der Waals surface area contributed by atoms with E-state index >= 15 is 0 Å². The molecule has 0 aliphatic carbocycles. The molecule has 2 aromatic heterocycles. The first-order valence-corrected chi connectivity index (χ1v) is 7.40. The van der Waals surface area contributed by atoms with Crippen LogP contribution in [0.15, 0.2) is 18.3 Å². The highest BCUT2D eigenvalue weighted by molar-refractivity contribution is 5.85. The SMILES string of the molecule is Cc1nc(-c2cccnc2C(C)C)c(C=O)n1CCNC(=O)O. The molecule has 2 rings (SSSR count). The molecule has 0 spiro atoms. The van der Waals surface area contributed by atoms with Crippen LogP contribution in [0, 0.1) is 6.92 Å². The Bertz CT molecular complexity index is 722. The Labute approximate surface area is 134 Å². The standard InChI is InChI=1S/C16H20N4O3/c1-10(2)14-12(5-4-6-17-14)15-13(9-21)20(11(3)19-15)8-7-18-16(22)23/h4-6,9-10,18H,7-8H2,1-3H3,(H,22,23). The number of pyridine rings is 1. The summed E-state index contributed by atoms with van der Waals surface area (Å²) in [4.78, 5) is 31.1. The summed E-state index contributed by atoms with van der Waals surface area (Å²) in [5, 5.41) is 10.9. The second-order valence-electron chi connectivity index (χ2n) is 5.49. The molecule has 0 aromatic carbocycles. The highest BCUT2D eigenvalue weighted by atomic mass is 16.4. The summed E-state index contributed by atoms with van der Waals surface area (Å²) in [7, 11) is 0. The molecule has 0 radical (unpaired) electrons. The minimum absolute atomic E-state index is 0.199. The summed E-state index contributed by atoms with van der Waals surface area (Å²) in [5.41, 5.74) is 2.73. The quantitative estimate of drug-likeness (QED) is 0.798. The molecule has 0 aliphatic heterocycles. The summed E-state index contributed by atoms with van der Waals surface area (Å²) in [5.74, 6) is 0.859. The number of rotatable bonds is 6. The van der Waals surface area contributed by atoms with Crippen LogP contribution in [-0.4, -0.2) is 38.6 Å². The predicted molar refractivity (Wildman–Crippen MR) is 85.7 cm³/mol. The van der Waals surface area contributed by atoms with E-state index in [0.29, 0.717) is 23.8 Å². The first-order chi connectivity index (χ1) is 11.0. The van der Waals surface area contributed by atoms with Gasteiger partial charge in [-0.05, 0) is 25.0 Å². The molecule has 0 bridgehead atoms. The lowest BCUT2D eigenvalue weighted by Crippen LogP contribution is -2.26. The van der Waals surface area contributed by atoms with Crippen molar-refractivity contribution in [2.24, 2.45) is 0 Å². The van der Waals surface area contributed by atoms with Crippen molar-refractivity contribution in [3.63, 3.8) is 0 Å². The molecule has 7 nitrogen and oxygen atoms in total. The van der Waals surface area contributed by atoms with Crippen molar-refractivity contribution in [2.75, 3.05) is 6.54 Å². The fourth-order valence-corrected chi connectivity index (χ4v) is 2.53. The molecule has 0 unspecified atom stereocenters. The summed E-state index contributed by atoms with van der Waals surface area (Å²) < 4.78 is 1.72. The Kier molecular flexibility index (Phi) is 5.10. The molecule has 0 saturated heterocycles. The summed E-state index contributed by atoms with van der Waals surface area (Å²) in [6, 6.07) is 3.72. The van der Waals surface area contributed by atoms with E-state index in [9.17, 15) is 9.59 Å². The van der Waals surface area contributed by atoms with Crippen molar-refractivity contribution >= 4 is 12.4 Å². The number of imidazole rings is 1. The Morgan fingerprint density at radius 2 is 2.22 bits per heavy atom. The van der Waals surface area contributed by atoms with Crippen LogP contribution in [0.1, 0.15) is 41.8 Å². The number of nitrogens with zero attached hydrogens (tertiary/aromatic N) is 3. The average Bonchev–Trinajstić information content (AvgIpc) is 2.83. The molecule has 122 valence electrons. The zero-order valence-corrected chi connectivity index (χ0v) is 13.4. The number of hydrogen-bond acceptors (Lipinski definition) is 4. The van der Waals surface area contributed by atoms with Gasteiger partial charge in [0.25, 0.3) is 0 Å². The highest BCUT2D eigenvalue weighted by Gasteiger charge is 2.19. The van der Waals surface area contributed by atoms with E-state index in [4.69, 9.17) is 5.11 Å². The number of carbonyl (C=O) groups is 2. The number of aryl methyl sites for hydroxylation is 1. The van der Waals surface area contributed by atoms with Crippen LogP contribution >= 0.6 is 0 Å². The Morgan fingerprint density at radius 1 is 1.48 bits per heavy atom. The molecule has 0 atom stereocenters. The second kappa shape index (κ2) is 7.04. The Balaban J connectivity index is 2.45. The third kappa shape index (κ3) is 3.56. The smallest absolute Gasteiger partial charge is 0.404 e. The third-order valence-electron chi connectivity index (χ3n) is 3.56.